The normalized spacial score (nSPS) is 14.4. The predicted octanol–water partition coefficient (Wildman–Crippen LogP) is 26.3. The first-order chi connectivity index (χ1) is 51.2. The molecule has 0 radical (unpaired) electrons. The van der Waals surface area contributed by atoms with E-state index < -0.39 is 97.5 Å². The van der Waals surface area contributed by atoms with Gasteiger partial charge in [-0.25, -0.2) is 9.13 Å². The molecule has 0 saturated carbocycles. The number of aliphatic hydroxyl groups is 1. The SMILES string of the molecule is CCC(C)CCCCCCCCCCCCCCCCC(=O)OC[C@H](COP(=O)(O)OC[C@@H](O)COP(=O)(O)OC[C@@H](COC(=O)CCCCCCCCC(C)CC)OC(=O)CCCCCCCCCCCCCCCCC(C)C)OC(=O)CCCCCCCCCCCCCCCCCCCCC(C)C. The number of phosphoric acid groups is 2. The Morgan fingerprint density at radius 3 is 0.670 bits per heavy atom. The summed E-state index contributed by atoms with van der Waals surface area (Å²) in [6.07, 6.45) is 65.2. The van der Waals surface area contributed by atoms with Gasteiger partial charge in [-0.2, -0.15) is 0 Å². The minimum atomic E-state index is -4.97. The Labute approximate surface area is 651 Å². The first kappa shape index (κ1) is 104. The van der Waals surface area contributed by atoms with Gasteiger partial charge in [-0.05, 0) is 49.4 Å². The summed E-state index contributed by atoms with van der Waals surface area (Å²) in [5, 5.41) is 10.7. The van der Waals surface area contributed by atoms with Crippen molar-refractivity contribution in [2.75, 3.05) is 39.6 Å². The molecule has 0 bridgehead atoms. The van der Waals surface area contributed by atoms with Gasteiger partial charge >= 0.3 is 39.5 Å². The predicted molar refractivity (Wildman–Crippen MR) is 437 cm³/mol. The van der Waals surface area contributed by atoms with Gasteiger partial charge in [-0.15, -0.1) is 0 Å². The lowest BCUT2D eigenvalue weighted by Gasteiger charge is -2.21. The molecule has 0 aromatic carbocycles. The number of carbonyl (C=O) groups excluding carboxylic acids is 4. The third kappa shape index (κ3) is 77.4. The van der Waals surface area contributed by atoms with Crippen LogP contribution in [0.4, 0.5) is 0 Å². The molecule has 106 heavy (non-hydrogen) atoms. The lowest BCUT2D eigenvalue weighted by molar-refractivity contribution is -0.161. The molecule has 0 aliphatic carbocycles. The van der Waals surface area contributed by atoms with Crippen LogP contribution in [0.3, 0.4) is 0 Å². The van der Waals surface area contributed by atoms with Gasteiger partial charge in [0.25, 0.3) is 0 Å². The maximum absolute atomic E-state index is 13.2. The number of unbranched alkanes of at least 4 members (excludes halogenated alkanes) is 48. The number of aliphatic hydroxyl groups excluding tert-OH is 1. The van der Waals surface area contributed by atoms with Gasteiger partial charge in [0.15, 0.2) is 12.2 Å². The van der Waals surface area contributed by atoms with Crippen molar-refractivity contribution < 1.29 is 80.2 Å². The third-order valence-corrected chi connectivity index (χ3v) is 22.9. The van der Waals surface area contributed by atoms with E-state index in [1.807, 2.05) is 0 Å². The Morgan fingerprint density at radius 2 is 0.453 bits per heavy atom. The largest absolute Gasteiger partial charge is 0.472 e. The van der Waals surface area contributed by atoms with Gasteiger partial charge in [-0.3, -0.25) is 37.3 Å². The number of esters is 4. The molecule has 0 aliphatic heterocycles. The van der Waals surface area contributed by atoms with Crippen molar-refractivity contribution >= 4 is 39.5 Å². The van der Waals surface area contributed by atoms with E-state index in [-0.39, 0.29) is 25.7 Å². The Kier molecular flexibility index (Phi) is 74.3. The lowest BCUT2D eigenvalue weighted by atomic mass is 9.99. The van der Waals surface area contributed by atoms with Crippen LogP contribution in [0.2, 0.25) is 0 Å². The topological polar surface area (TPSA) is 237 Å². The van der Waals surface area contributed by atoms with Gasteiger partial charge in [0, 0.05) is 25.7 Å². The fourth-order valence-electron chi connectivity index (χ4n) is 13.4. The van der Waals surface area contributed by atoms with Crippen LogP contribution in [0.15, 0.2) is 0 Å². The van der Waals surface area contributed by atoms with E-state index in [2.05, 4.69) is 55.4 Å². The second kappa shape index (κ2) is 75.7. The Morgan fingerprint density at radius 1 is 0.264 bits per heavy atom. The molecule has 0 aromatic rings. The van der Waals surface area contributed by atoms with Crippen LogP contribution < -0.4 is 0 Å². The molecule has 19 heteroatoms. The van der Waals surface area contributed by atoms with E-state index in [4.69, 9.17) is 37.0 Å². The number of ether oxygens (including phenoxy) is 4. The van der Waals surface area contributed by atoms with Crippen molar-refractivity contribution in [3.05, 3.63) is 0 Å². The summed E-state index contributed by atoms with van der Waals surface area (Å²) >= 11 is 0. The van der Waals surface area contributed by atoms with E-state index in [1.54, 1.807) is 0 Å². The van der Waals surface area contributed by atoms with Gasteiger partial charge < -0.3 is 33.8 Å². The molecule has 17 nitrogen and oxygen atoms in total. The first-order valence-corrected chi connectivity index (χ1v) is 47.8. The van der Waals surface area contributed by atoms with Crippen molar-refractivity contribution in [1.29, 1.82) is 0 Å². The van der Waals surface area contributed by atoms with E-state index in [1.165, 1.54) is 250 Å². The summed E-state index contributed by atoms with van der Waals surface area (Å²) in [6, 6.07) is 0. The molecule has 630 valence electrons. The van der Waals surface area contributed by atoms with Crippen LogP contribution in [0.25, 0.3) is 0 Å². The van der Waals surface area contributed by atoms with Crippen LogP contribution >= 0.6 is 15.6 Å². The summed E-state index contributed by atoms with van der Waals surface area (Å²) in [5.41, 5.74) is 0. The van der Waals surface area contributed by atoms with Crippen molar-refractivity contribution in [1.82, 2.24) is 0 Å². The van der Waals surface area contributed by atoms with E-state index in [9.17, 15) is 43.2 Å². The molecule has 0 heterocycles. The van der Waals surface area contributed by atoms with Gasteiger partial charge in [0.05, 0.1) is 26.4 Å². The van der Waals surface area contributed by atoms with Gasteiger partial charge in [0.1, 0.15) is 19.3 Å². The van der Waals surface area contributed by atoms with Crippen LogP contribution in [0.1, 0.15) is 453 Å². The number of rotatable bonds is 84. The van der Waals surface area contributed by atoms with Gasteiger partial charge in [0.2, 0.25) is 0 Å². The van der Waals surface area contributed by atoms with Crippen molar-refractivity contribution in [2.45, 2.75) is 472 Å². The van der Waals surface area contributed by atoms with Crippen molar-refractivity contribution in [3.8, 4) is 0 Å². The molecule has 0 aliphatic rings. The standard InChI is InChI=1S/C87H170O17P2/c1-9-79(7)65-57-49-41-35-29-23-18-20-24-30-36-42-51-59-67-84(89)97-73-82(103-86(91)69-61-53-43-37-31-25-16-14-12-11-13-15-21-27-33-39-47-55-63-77(3)4)75-101-105(93,94)99-71-81(88)72-100-106(95,96)102-76-83(74-98-85(90)68-60-52-46-45-50-58-66-80(8)10-2)104-87(92)70-62-54-44-38-32-26-19-17-22-28-34-40-48-56-64-78(5)6/h77-83,88H,9-76H2,1-8H3,(H,93,94)(H,95,96)/t79?,80?,81-,82-,83-/m1/s1. The number of phosphoric ester groups is 2. The summed E-state index contributed by atoms with van der Waals surface area (Å²) in [4.78, 5) is 73.3. The molecule has 0 amide bonds. The van der Waals surface area contributed by atoms with Gasteiger partial charge in [-0.1, -0.05) is 402 Å². The fourth-order valence-corrected chi connectivity index (χ4v) is 15.0. The summed E-state index contributed by atoms with van der Waals surface area (Å²) < 4.78 is 68.9. The molecule has 0 saturated heterocycles. The summed E-state index contributed by atoms with van der Waals surface area (Å²) in [7, 11) is -9.93. The zero-order chi connectivity index (χ0) is 78.1. The average Bonchev–Trinajstić information content (AvgIpc) is 0.902. The summed E-state index contributed by atoms with van der Waals surface area (Å²) in [6.45, 7) is 14.4. The molecule has 4 unspecified atom stereocenters. The fraction of sp³-hybridized carbons (Fsp3) is 0.954. The molecule has 0 spiro atoms. The van der Waals surface area contributed by atoms with Crippen LogP contribution in [0.5, 0.6) is 0 Å². The van der Waals surface area contributed by atoms with E-state index in [0.29, 0.717) is 25.7 Å². The Balaban J connectivity index is 5.24. The zero-order valence-corrected chi connectivity index (χ0v) is 71.9. The molecule has 3 N–H and O–H groups in total. The quantitative estimate of drug-likeness (QED) is 0.0222. The minimum absolute atomic E-state index is 0.106. The van der Waals surface area contributed by atoms with E-state index in [0.717, 1.165) is 120 Å². The molecule has 0 rings (SSSR count). The van der Waals surface area contributed by atoms with Crippen molar-refractivity contribution in [3.63, 3.8) is 0 Å². The van der Waals surface area contributed by atoms with Crippen LogP contribution in [-0.2, 0) is 65.4 Å². The Hall–Kier alpha value is -1.94. The molecule has 7 atom stereocenters. The second-order valence-electron chi connectivity index (χ2n) is 32.7. The summed E-state index contributed by atoms with van der Waals surface area (Å²) in [5.74, 6) is 1.09. The average molecular weight is 1550 g/mol. The second-order valence-corrected chi connectivity index (χ2v) is 35.6. The van der Waals surface area contributed by atoms with Crippen LogP contribution in [-0.4, -0.2) is 96.7 Å². The maximum atomic E-state index is 13.2. The number of hydrogen-bond donors (Lipinski definition) is 3. The lowest BCUT2D eigenvalue weighted by Crippen LogP contribution is -2.30. The molecule has 0 aromatic heterocycles. The number of hydrogen-bond acceptors (Lipinski definition) is 15. The smallest absolute Gasteiger partial charge is 0.462 e. The molecule has 0 fully saturated rings. The molecular formula is C87H170O17P2. The zero-order valence-electron chi connectivity index (χ0n) is 70.1. The maximum Gasteiger partial charge on any atom is 0.472 e. The highest BCUT2D eigenvalue weighted by Crippen LogP contribution is 2.45. The third-order valence-electron chi connectivity index (χ3n) is 21.0. The van der Waals surface area contributed by atoms with Crippen LogP contribution in [0, 0.1) is 23.7 Å². The van der Waals surface area contributed by atoms with Crippen molar-refractivity contribution in [2.24, 2.45) is 23.7 Å². The highest BCUT2D eigenvalue weighted by Gasteiger charge is 2.31. The highest BCUT2D eigenvalue weighted by molar-refractivity contribution is 7.47. The highest BCUT2D eigenvalue weighted by atomic mass is 31.2. The monoisotopic (exact) mass is 1550 g/mol. The molecular weight excluding hydrogens is 1380 g/mol. The first-order valence-electron chi connectivity index (χ1n) is 44.8. The minimum Gasteiger partial charge on any atom is -0.462 e. The number of carbonyl (C=O) groups is 4. The van der Waals surface area contributed by atoms with E-state index >= 15 is 0 Å². The Bertz CT molecular complexity index is 2060.